The average molecular weight is 243 g/mol. The van der Waals surface area contributed by atoms with Crippen molar-refractivity contribution in [3.05, 3.63) is 0 Å². The lowest BCUT2D eigenvalue weighted by molar-refractivity contribution is -0.141. The second kappa shape index (κ2) is 6.33. The molecular formula is C12H25N3O2. The third kappa shape index (κ3) is 3.66. The third-order valence-corrected chi connectivity index (χ3v) is 3.43. The summed E-state index contributed by atoms with van der Waals surface area (Å²) < 4.78 is 0. The number of rotatable bonds is 5. The van der Waals surface area contributed by atoms with Gasteiger partial charge in [-0.1, -0.05) is 0 Å². The Hall–Kier alpha value is -0.650. The lowest BCUT2D eigenvalue weighted by Crippen LogP contribution is -2.60. The molecule has 5 nitrogen and oxygen atoms in total. The number of likely N-dealkylation sites (N-methyl/N-ethyl adjacent to an activating group) is 1. The highest BCUT2D eigenvalue weighted by atomic mass is 16.3. The molecule has 0 aromatic heterocycles. The average Bonchev–Trinajstić information content (AvgIpc) is 2.36. The maximum atomic E-state index is 12.4. The van der Waals surface area contributed by atoms with E-state index in [-0.39, 0.29) is 12.5 Å². The second-order valence-electron chi connectivity index (χ2n) is 5.10. The summed E-state index contributed by atoms with van der Waals surface area (Å²) in [5, 5.41) is 12.1. The first-order valence-electron chi connectivity index (χ1n) is 6.32. The Morgan fingerprint density at radius 1 is 1.41 bits per heavy atom. The van der Waals surface area contributed by atoms with E-state index >= 15 is 0 Å². The standard InChI is InChI=1S/C12H25N3O2/c1-12(2,15-8-5-13-6-9-15)11(17)14(3)7-4-10-16/h13,16H,4-10H2,1-3H3. The lowest BCUT2D eigenvalue weighted by atomic mass is 9.99. The highest BCUT2D eigenvalue weighted by Gasteiger charge is 2.36. The number of hydrogen-bond donors (Lipinski definition) is 2. The Balaban J connectivity index is 2.57. The normalized spacial score (nSPS) is 18.1. The van der Waals surface area contributed by atoms with Crippen LogP contribution in [-0.4, -0.2) is 72.7 Å². The van der Waals surface area contributed by atoms with E-state index in [2.05, 4.69) is 10.2 Å². The Labute approximate surface area is 104 Å². The van der Waals surface area contributed by atoms with Gasteiger partial charge in [-0.2, -0.15) is 0 Å². The lowest BCUT2D eigenvalue weighted by Gasteiger charge is -2.41. The first-order valence-corrected chi connectivity index (χ1v) is 6.32. The van der Waals surface area contributed by atoms with Crippen molar-refractivity contribution < 1.29 is 9.90 Å². The summed E-state index contributed by atoms with van der Waals surface area (Å²) in [5.41, 5.74) is -0.452. The molecule has 2 N–H and O–H groups in total. The quantitative estimate of drug-likeness (QED) is 0.684. The molecule has 17 heavy (non-hydrogen) atoms. The van der Waals surface area contributed by atoms with Crippen molar-refractivity contribution in [1.29, 1.82) is 0 Å². The number of nitrogens with one attached hydrogen (secondary N) is 1. The van der Waals surface area contributed by atoms with Crippen LogP contribution in [0.4, 0.5) is 0 Å². The molecule has 1 fully saturated rings. The first-order chi connectivity index (χ1) is 8.00. The SMILES string of the molecule is CN(CCCO)C(=O)C(C)(C)N1CCNCC1. The van der Waals surface area contributed by atoms with E-state index in [0.29, 0.717) is 13.0 Å². The number of amides is 1. The summed E-state index contributed by atoms with van der Waals surface area (Å²) in [7, 11) is 1.81. The van der Waals surface area contributed by atoms with Crippen molar-refractivity contribution in [2.24, 2.45) is 0 Å². The molecule has 1 heterocycles. The van der Waals surface area contributed by atoms with Crippen LogP contribution in [0.3, 0.4) is 0 Å². The van der Waals surface area contributed by atoms with Crippen LogP contribution in [0.1, 0.15) is 20.3 Å². The predicted molar refractivity (Wildman–Crippen MR) is 67.9 cm³/mol. The smallest absolute Gasteiger partial charge is 0.242 e. The number of carbonyl (C=O) groups excluding carboxylic acids is 1. The molecule has 0 atom stereocenters. The van der Waals surface area contributed by atoms with Gasteiger partial charge in [-0.05, 0) is 20.3 Å². The fourth-order valence-electron chi connectivity index (χ4n) is 2.24. The van der Waals surface area contributed by atoms with E-state index in [0.717, 1.165) is 26.2 Å². The van der Waals surface area contributed by atoms with E-state index in [1.807, 2.05) is 20.9 Å². The van der Waals surface area contributed by atoms with Crippen LogP contribution in [0.25, 0.3) is 0 Å². The Morgan fingerprint density at radius 2 is 2.00 bits per heavy atom. The summed E-state index contributed by atoms with van der Waals surface area (Å²) in [6.45, 7) is 8.41. The summed E-state index contributed by atoms with van der Waals surface area (Å²) in [4.78, 5) is 16.3. The van der Waals surface area contributed by atoms with Gasteiger partial charge in [0.1, 0.15) is 0 Å². The summed E-state index contributed by atoms with van der Waals surface area (Å²) in [6, 6.07) is 0. The van der Waals surface area contributed by atoms with Gasteiger partial charge in [0.05, 0.1) is 5.54 Å². The minimum absolute atomic E-state index is 0.131. The molecule has 0 spiro atoms. The molecule has 100 valence electrons. The van der Waals surface area contributed by atoms with Crippen molar-refractivity contribution in [3.63, 3.8) is 0 Å². The molecule has 5 heteroatoms. The molecule has 1 aliphatic rings. The monoisotopic (exact) mass is 243 g/mol. The molecule has 0 bridgehead atoms. The van der Waals surface area contributed by atoms with Gasteiger partial charge in [0, 0.05) is 46.4 Å². The topological polar surface area (TPSA) is 55.8 Å². The molecule has 0 aromatic carbocycles. The van der Waals surface area contributed by atoms with Crippen molar-refractivity contribution in [3.8, 4) is 0 Å². The molecule has 0 radical (unpaired) electrons. The third-order valence-electron chi connectivity index (χ3n) is 3.43. The van der Waals surface area contributed by atoms with Crippen LogP contribution in [0.5, 0.6) is 0 Å². The number of nitrogens with zero attached hydrogens (tertiary/aromatic N) is 2. The van der Waals surface area contributed by atoms with E-state index in [1.54, 1.807) is 4.90 Å². The molecule has 1 amide bonds. The van der Waals surface area contributed by atoms with Crippen molar-refractivity contribution in [1.82, 2.24) is 15.1 Å². The molecule has 1 rings (SSSR count). The zero-order valence-corrected chi connectivity index (χ0v) is 11.2. The van der Waals surface area contributed by atoms with Crippen LogP contribution in [0.15, 0.2) is 0 Å². The highest BCUT2D eigenvalue weighted by molar-refractivity contribution is 5.85. The predicted octanol–water partition coefficient (Wildman–Crippen LogP) is -0.489. The van der Waals surface area contributed by atoms with Gasteiger partial charge in [0.25, 0.3) is 0 Å². The van der Waals surface area contributed by atoms with Gasteiger partial charge < -0.3 is 15.3 Å². The minimum Gasteiger partial charge on any atom is -0.396 e. The van der Waals surface area contributed by atoms with Crippen LogP contribution in [-0.2, 0) is 4.79 Å². The van der Waals surface area contributed by atoms with Gasteiger partial charge in [-0.15, -0.1) is 0 Å². The number of carbonyl (C=O) groups is 1. The number of aliphatic hydroxyl groups excluding tert-OH is 1. The highest BCUT2D eigenvalue weighted by Crippen LogP contribution is 2.17. The second-order valence-corrected chi connectivity index (χ2v) is 5.10. The largest absolute Gasteiger partial charge is 0.396 e. The maximum absolute atomic E-state index is 12.4. The van der Waals surface area contributed by atoms with E-state index < -0.39 is 5.54 Å². The molecule has 0 aliphatic carbocycles. The van der Waals surface area contributed by atoms with Gasteiger partial charge in [0.2, 0.25) is 5.91 Å². The fourth-order valence-corrected chi connectivity index (χ4v) is 2.24. The Morgan fingerprint density at radius 3 is 2.53 bits per heavy atom. The summed E-state index contributed by atoms with van der Waals surface area (Å²) >= 11 is 0. The van der Waals surface area contributed by atoms with E-state index in [9.17, 15) is 4.79 Å². The van der Waals surface area contributed by atoms with Gasteiger partial charge in [-0.3, -0.25) is 9.69 Å². The zero-order valence-electron chi connectivity index (χ0n) is 11.2. The summed E-state index contributed by atoms with van der Waals surface area (Å²) in [5.74, 6) is 0.132. The van der Waals surface area contributed by atoms with Gasteiger partial charge >= 0.3 is 0 Å². The minimum atomic E-state index is -0.452. The number of aliphatic hydroxyl groups is 1. The van der Waals surface area contributed by atoms with Gasteiger partial charge in [0.15, 0.2) is 0 Å². The van der Waals surface area contributed by atoms with E-state index in [1.165, 1.54) is 0 Å². The van der Waals surface area contributed by atoms with Crippen molar-refractivity contribution in [2.75, 3.05) is 46.4 Å². The number of hydrogen-bond acceptors (Lipinski definition) is 4. The van der Waals surface area contributed by atoms with Crippen LogP contribution >= 0.6 is 0 Å². The molecule has 0 aromatic rings. The molecule has 1 aliphatic heterocycles. The Bertz CT molecular complexity index is 250. The van der Waals surface area contributed by atoms with Crippen LogP contribution in [0, 0.1) is 0 Å². The summed E-state index contributed by atoms with van der Waals surface area (Å²) in [6.07, 6.45) is 0.639. The molecule has 0 unspecified atom stereocenters. The van der Waals surface area contributed by atoms with E-state index in [4.69, 9.17) is 5.11 Å². The Kier molecular flexibility index (Phi) is 5.36. The zero-order chi connectivity index (χ0) is 12.9. The van der Waals surface area contributed by atoms with Crippen LogP contribution in [0.2, 0.25) is 0 Å². The van der Waals surface area contributed by atoms with Crippen molar-refractivity contribution in [2.45, 2.75) is 25.8 Å². The first kappa shape index (κ1) is 14.4. The van der Waals surface area contributed by atoms with Gasteiger partial charge in [-0.25, -0.2) is 0 Å². The fraction of sp³-hybridized carbons (Fsp3) is 0.917. The molecular weight excluding hydrogens is 218 g/mol. The maximum Gasteiger partial charge on any atom is 0.242 e. The molecule has 1 saturated heterocycles. The van der Waals surface area contributed by atoms with Crippen molar-refractivity contribution >= 4 is 5.91 Å². The number of piperazine rings is 1. The van der Waals surface area contributed by atoms with Crippen LogP contribution < -0.4 is 5.32 Å². The molecule has 0 saturated carbocycles.